The van der Waals surface area contributed by atoms with Crippen molar-refractivity contribution in [3.8, 4) is 0 Å². The van der Waals surface area contributed by atoms with Crippen LogP contribution in [0.4, 0.5) is 10.7 Å². The molecule has 1 rings (SSSR count). The van der Waals surface area contributed by atoms with E-state index < -0.39 is 6.09 Å². The molecule has 0 aliphatic heterocycles. The van der Waals surface area contributed by atoms with E-state index in [1.165, 1.54) is 6.07 Å². The van der Waals surface area contributed by atoms with Crippen LogP contribution in [0.1, 0.15) is 5.69 Å². The second-order valence-corrected chi connectivity index (χ2v) is 1.75. The van der Waals surface area contributed by atoms with Gasteiger partial charge in [-0.15, -0.1) is 0 Å². The summed E-state index contributed by atoms with van der Waals surface area (Å²) in [5.74, 6) is 0.0810. The van der Waals surface area contributed by atoms with Crippen molar-refractivity contribution in [2.24, 2.45) is 0 Å². The number of carboxylic acid groups (broad SMARTS) is 1. The molecule has 10 heavy (non-hydrogen) atoms. The maximum Gasteiger partial charge on any atom is 0.230 e. The van der Waals surface area contributed by atoms with Crippen LogP contribution in [0.5, 0.6) is 0 Å². The van der Waals surface area contributed by atoms with Crippen LogP contribution in [-0.4, -0.2) is 11.2 Å². The van der Waals surface area contributed by atoms with Gasteiger partial charge in [0.1, 0.15) is 6.09 Å². The minimum absolute atomic E-state index is 0.0810. The van der Waals surface area contributed by atoms with Gasteiger partial charge in [-0.05, 0) is 6.92 Å². The van der Waals surface area contributed by atoms with Gasteiger partial charge in [0.2, 0.25) is 5.88 Å². The van der Waals surface area contributed by atoms with Crippen molar-refractivity contribution in [2.45, 2.75) is 6.92 Å². The van der Waals surface area contributed by atoms with Crippen LogP contribution >= 0.6 is 0 Å². The first-order chi connectivity index (χ1) is 4.68. The molecule has 0 spiro atoms. The van der Waals surface area contributed by atoms with Gasteiger partial charge in [-0.25, -0.2) is 0 Å². The molecule has 1 aromatic heterocycles. The zero-order valence-corrected chi connectivity index (χ0v) is 5.25. The van der Waals surface area contributed by atoms with Crippen molar-refractivity contribution < 1.29 is 14.4 Å². The summed E-state index contributed by atoms with van der Waals surface area (Å²) < 4.78 is 4.49. The molecule has 0 bridgehead atoms. The Labute approximate surface area is 56.6 Å². The number of aromatic nitrogens is 1. The summed E-state index contributed by atoms with van der Waals surface area (Å²) in [5, 5.41) is 15.2. The molecule has 5 heteroatoms. The number of amides is 1. The number of carbonyl (C=O) groups excluding carboxylic acids is 1. The molecule has 0 unspecified atom stereocenters. The lowest BCUT2D eigenvalue weighted by Crippen LogP contribution is -2.28. The summed E-state index contributed by atoms with van der Waals surface area (Å²) in [6, 6.07) is 1.45. The molecular weight excluding hydrogens is 136 g/mol. The van der Waals surface area contributed by atoms with Crippen LogP contribution in [0.15, 0.2) is 10.6 Å². The number of aryl methyl sites for hydroxylation is 1. The van der Waals surface area contributed by atoms with Crippen LogP contribution in [0.2, 0.25) is 0 Å². The van der Waals surface area contributed by atoms with E-state index in [1.807, 2.05) is 5.32 Å². The molecule has 0 fully saturated rings. The molecule has 0 aliphatic rings. The molecule has 0 aliphatic carbocycles. The van der Waals surface area contributed by atoms with E-state index in [4.69, 9.17) is 0 Å². The fourth-order valence-corrected chi connectivity index (χ4v) is 0.523. The Hall–Kier alpha value is -1.52. The molecule has 1 heterocycles. The fourth-order valence-electron chi connectivity index (χ4n) is 0.523. The molecule has 0 saturated heterocycles. The predicted molar refractivity (Wildman–Crippen MR) is 30.3 cm³/mol. The number of nitrogens with zero attached hydrogens (tertiary/aromatic N) is 1. The highest BCUT2D eigenvalue weighted by Gasteiger charge is 1.96. The zero-order chi connectivity index (χ0) is 7.56. The van der Waals surface area contributed by atoms with E-state index in [0.717, 1.165) is 0 Å². The molecule has 0 radical (unpaired) electrons. The van der Waals surface area contributed by atoms with E-state index in [9.17, 15) is 9.90 Å². The van der Waals surface area contributed by atoms with E-state index in [2.05, 4.69) is 9.68 Å². The van der Waals surface area contributed by atoms with Gasteiger partial charge in [-0.2, -0.15) is 0 Å². The number of rotatable bonds is 1. The molecule has 54 valence electrons. The first-order valence-electron chi connectivity index (χ1n) is 2.60. The van der Waals surface area contributed by atoms with Gasteiger partial charge >= 0.3 is 0 Å². The van der Waals surface area contributed by atoms with E-state index in [-0.39, 0.29) is 5.88 Å². The molecule has 5 nitrogen and oxygen atoms in total. The summed E-state index contributed by atoms with van der Waals surface area (Å²) in [6.07, 6.45) is -1.41. The number of hydrogen-bond donors (Lipinski definition) is 1. The van der Waals surface area contributed by atoms with Gasteiger partial charge in [0.05, 0.1) is 5.69 Å². The first kappa shape index (κ1) is 6.60. The Bertz CT molecular complexity index is 243. The lowest BCUT2D eigenvalue weighted by atomic mass is 10.5. The number of hydrogen-bond acceptors (Lipinski definition) is 4. The highest BCUT2D eigenvalue weighted by atomic mass is 16.5. The molecule has 0 aromatic carbocycles. The summed E-state index contributed by atoms with van der Waals surface area (Å²) >= 11 is 0. The zero-order valence-electron chi connectivity index (χ0n) is 5.25. The third kappa shape index (κ3) is 1.48. The Morgan fingerprint density at radius 3 is 3.00 bits per heavy atom. The van der Waals surface area contributed by atoms with Gasteiger partial charge in [0.25, 0.3) is 0 Å². The van der Waals surface area contributed by atoms with Crippen molar-refractivity contribution in [2.75, 3.05) is 5.32 Å². The monoisotopic (exact) mass is 141 g/mol. The van der Waals surface area contributed by atoms with Crippen molar-refractivity contribution in [1.29, 1.82) is 0 Å². The molecule has 1 amide bonds. The number of carbonyl (C=O) groups is 1. The fraction of sp³-hybridized carbons (Fsp3) is 0.200. The van der Waals surface area contributed by atoms with Gasteiger partial charge < -0.3 is 19.7 Å². The Morgan fingerprint density at radius 1 is 1.90 bits per heavy atom. The molecule has 0 atom stereocenters. The Balaban J connectivity index is 2.67. The minimum Gasteiger partial charge on any atom is -0.530 e. The second kappa shape index (κ2) is 2.38. The summed E-state index contributed by atoms with van der Waals surface area (Å²) in [4.78, 5) is 9.87. The highest BCUT2D eigenvalue weighted by molar-refractivity contribution is 5.78. The quantitative estimate of drug-likeness (QED) is 0.584. The second-order valence-electron chi connectivity index (χ2n) is 1.75. The third-order valence-electron chi connectivity index (χ3n) is 0.853. The Kier molecular flexibility index (Phi) is 1.57. The van der Waals surface area contributed by atoms with E-state index in [1.54, 1.807) is 6.92 Å². The lowest BCUT2D eigenvalue weighted by Gasteiger charge is -1.98. The largest absolute Gasteiger partial charge is 0.530 e. The van der Waals surface area contributed by atoms with Gasteiger partial charge in [-0.3, -0.25) is 0 Å². The van der Waals surface area contributed by atoms with Gasteiger partial charge in [-0.1, -0.05) is 5.16 Å². The van der Waals surface area contributed by atoms with Crippen molar-refractivity contribution >= 4 is 12.0 Å². The number of nitrogens with one attached hydrogen (secondary N) is 1. The van der Waals surface area contributed by atoms with Crippen molar-refractivity contribution in [3.05, 3.63) is 11.8 Å². The summed E-state index contributed by atoms with van der Waals surface area (Å²) in [5.41, 5.74) is 0.615. The van der Waals surface area contributed by atoms with Crippen molar-refractivity contribution in [3.63, 3.8) is 0 Å². The van der Waals surface area contributed by atoms with Crippen LogP contribution in [-0.2, 0) is 0 Å². The van der Waals surface area contributed by atoms with Crippen LogP contribution in [0.25, 0.3) is 0 Å². The van der Waals surface area contributed by atoms with Crippen LogP contribution < -0.4 is 10.4 Å². The SMILES string of the molecule is Cc1cc(NC(=O)[O-])on1. The van der Waals surface area contributed by atoms with Gasteiger partial charge in [0, 0.05) is 6.07 Å². The van der Waals surface area contributed by atoms with Crippen molar-refractivity contribution in [1.82, 2.24) is 5.16 Å². The number of anilines is 1. The molecule has 1 N–H and O–H groups in total. The highest BCUT2D eigenvalue weighted by Crippen LogP contribution is 2.06. The topological polar surface area (TPSA) is 78.2 Å². The maximum atomic E-state index is 9.87. The predicted octanol–water partition coefficient (Wildman–Crippen LogP) is -0.262. The van der Waals surface area contributed by atoms with E-state index >= 15 is 0 Å². The molecular formula is C5H5N2O3-. The first-order valence-corrected chi connectivity index (χ1v) is 2.60. The standard InChI is InChI=1S/C5H6N2O3/c1-3-2-4(10-7-3)6-5(8)9/h2,6H,1H3,(H,8,9)/p-1. The molecule has 0 saturated carbocycles. The third-order valence-corrected chi connectivity index (χ3v) is 0.853. The smallest absolute Gasteiger partial charge is 0.230 e. The minimum atomic E-state index is -1.41. The van der Waals surface area contributed by atoms with Gasteiger partial charge in [0.15, 0.2) is 0 Å². The maximum absolute atomic E-state index is 9.87. The van der Waals surface area contributed by atoms with Crippen LogP contribution in [0, 0.1) is 6.92 Å². The Morgan fingerprint density at radius 2 is 2.60 bits per heavy atom. The lowest BCUT2D eigenvalue weighted by molar-refractivity contribution is -0.242. The summed E-state index contributed by atoms with van der Waals surface area (Å²) in [6.45, 7) is 1.68. The normalized spacial score (nSPS) is 9.30. The van der Waals surface area contributed by atoms with E-state index in [0.29, 0.717) is 5.69 Å². The average Bonchev–Trinajstić information content (AvgIpc) is 2.13. The summed E-state index contributed by atoms with van der Waals surface area (Å²) in [7, 11) is 0. The van der Waals surface area contributed by atoms with Crippen LogP contribution in [0.3, 0.4) is 0 Å². The average molecular weight is 141 g/mol. The molecule has 1 aromatic rings.